The minimum Gasteiger partial charge on any atom is -0.496 e. The first-order valence-corrected chi connectivity index (χ1v) is 6.54. The van der Waals surface area contributed by atoms with Gasteiger partial charge in [0.2, 0.25) is 0 Å². The summed E-state index contributed by atoms with van der Waals surface area (Å²) in [6, 6.07) is 3.52. The normalized spacial score (nSPS) is 13.3. The molecule has 0 aliphatic heterocycles. The van der Waals surface area contributed by atoms with E-state index in [-0.39, 0.29) is 12.6 Å². The SMILES string of the molecule is COc1cc(C)c(C(CCOCC(F)(F)F)NN)cc1C. The summed E-state index contributed by atoms with van der Waals surface area (Å²) in [5.41, 5.74) is 5.44. The molecule has 7 heteroatoms. The molecule has 0 saturated carbocycles. The van der Waals surface area contributed by atoms with Crippen molar-refractivity contribution < 1.29 is 22.6 Å². The minimum absolute atomic E-state index is 0.0289. The highest BCUT2D eigenvalue weighted by Gasteiger charge is 2.27. The predicted octanol–water partition coefficient (Wildman–Crippen LogP) is 2.79. The lowest BCUT2D eigenvalue weighted by Crippen LogP contribution is -2.30. The Kier molecular flexibility index (Phi) is 6.44. The summed E-state index contributed by atoms with van der Waals surface area (Å²) in [5, 5.41) is 0. The fraction of sp³-hybridized carbons (Fsp3) is 0.571. The number of methoxy groups -OCH3 is 1. The van der Waals surface area contributed by atoms with Crippen molar-refractivity contribution in [3.8, 4) is 5.75 Å². The van der Waals surface area contributed by atoms with Crippen LogP contribution in [0.4, 0.5) is 13.2 Å². The van der Waals surface area contributed by atoms with E-state index in [4.69, 9.17) is 10.6 Å². The average Bonchev–Trinajstić information content (AvgIpc) is 2.40. The fourth-order valence-corrected chi connectivity index (χ4v) is 2.13. The third kappa shape index (κ3) is 5.53. The average molecular weight is 306 g/mol. The van der Waals surface area contributed by atoms with Crippen molar-refractivity contribution in [1.29, 1.82) is 0 Å². The molecule has 4 nitrogen and oxygen atoms in total. The van der Waals surface area contributed by atoms with Crippen LogP contribution in [0.25, 0.3) is 0 Å². The first-order chi connectivity index (χ1) is 9.78. The van der Waals surface area contributed by atoms with Crippen molar-refractivity contribution in [2.45, 2.75) is 32.5 Å². The second kappa shape index (κ2) is 7.63. The Morgan fingerprint density at radius 3 is 2.43 bits per heavy atom. The van der Waals surface area contributed by atoms with Crippen LogP contribution >= 0.6 is 0 Å². The predicted molar refractivity (Wildman–Crippen MR) is 74.0 cm³/mol. The van der Waals surface area contributed by atoms with Crippen molar-refractivity contribution in [3.05, 3.63) is 28.8 Å². The van der Waals surface area contributed by atoms with Gasteiger partial charge in [0.25, 0.3) is 0 Å². The zero-order valence-electron chi connectivity index (χ0n) is 12.4. The van der Waals surface area contributed by atoms with Gasteiger partial charge in [0.15, 0.2) is 0 Å². The third-order valence-corrected chi connectivity index (χ3v) is 3.18. The molecule has 0 heterocycles. The van der Waals surface area contributed by atoms with Crippen LogP contribution in [0.1, 0.15) is 29.2 Å². The van der Waals surface area contributed by atoms with Gasteiger partial charge in [-0.2, -0.15) is 13.2 Å². The molecule has 1 aromatic rings. The maximum atomic E-state index is 12.0. The van der Waals surface area contributed by atoms with Crippen LogP contribution in [-0.2, 0) is 4.74 Å². The van der Waals surface area contributed by atoms with Crippen molar-refractivity contribution >= 4 is 0 Å². The molecule has 0 radical (unpaired) electrons. The zero-order chi connectivity index (χ0) is 16.0. The fourth-order valence-electron chi connectivity index (χ4n) is 2.13. The van der Waals surface area contributed by atoms with Crippen LogP contribution in [0.15, 0.2) is 12.1 Å². The van der Waals surface area contributed by atoms with Crippen LogP contribution in [0.5, 0.6) is 5.75 Å². The molecule has 0 aromatic heterocycles. The molecule has 0 bridgehead atoms. The quantitative estimate of drug-likeness (QED) is 0.462. The van der Waals surface area contributed by atoms with Gasteiger partial charge < -0.3 is 9.47 Å². The van der Waals surface area contributed by atoms with Gasteiger partial charge in [-0.15, -0.1) is 0 Å². The monoisotopic (exact) mass is 306 g/mol. The summed E-state index contributed by atoms with van der Waals surface area (Å²) in [6.07, 6.45) is -3.96. The number of alkyl halides is 3. The van der Waals surface area contributed by atoms with Gasteiger partial charge >= 0.3 is 6.18 Å². The smallest absolute Gasteiger partial charge is 0.411 e. The maximum absolute atomic E-state index is 12.0. The molecule has 3 N–H and O–H groups in total. The number of hydrazine groups is 1. The Morgan fingerprint density at radius 2 is 1.90 bits per heavy atom. The molecular formula is C14H21F3N2O2. The van der Waals surface area contributed by atoms with E-state index >= 15 is 0 Å². The van der Waals surface area contributed by atoms with Crippen molar-refractivity contribution in [1.82, 2.24) is 5.43 Å². The molecule has 1 atom stereocenters. The van der Waals surface area contributed by atoms with E-state index in [2.05, 4.69) is 10.2 Å². The van der Waals surface area contributed by atoms with Crippen LogP contribution < -0.4 is 16.0 Å². The highest BCUT2D eigenvalue weighted by atomic mass is 19.4. The van der Waals surface area contributed by atoms with Crippen LogP contribution in [-0.4, -0.2) is 26.5 Å². The Labute approximate surface area is 122 Å². The number of hydrogen-bond acceptors (Lipinski definition) is 4. The number of nitrogens with one attached hydrogen (secondary N) is 1. The minimum atomic E-state index is -4.31. The van der Waals surface area contributed by atoms with E-state index in [0.29, 0.717) is 6.42 Å². The number of halogens is 3. The number of hydrogen-bond donors (Lipinski definition) is 2. The van der Waals surface area contributed by atoms with E-state index in [1.807, 2.05) is 26.0 Å². The molecule has 1 unspecified atom stereocenters. The molecule has 120 valence electrons. The highest BCUT2D eigenvalue weighted by Crippen LogP contribution is 2.28. The molecular weight excluding hydrogens is 285 g/mol. The molecule has 0 spiro atoms. The lowest BCUT2D eigenvalue weighted by Gasteiger charge is -2.20. The number of nitrogens with two attached hydrogens (primary N) is 1. The summed E-state index contributed by atoms with van der Waals surface area (Å²) in [7, 11) is 1.59. The summed E-state index contributed by atoms with van der Waals surface area (Å²) < 4.78 is 45.9. The summed E-state index contributed by atoms with van der Waals surface area (Å²) >= 11 is 0. The molecule has 0 fully saturated rings. The summed E-state index contributed by atoms with van der Waals surface area (Å²) in [5.74, 6) is 6.27. The van der Waals surface area contributed by atoms with Crippen LogP contribution in [0, 0.1) is 13.8 Å². The van der Waals surface area contributed by atoms with Crippen LogP contribution in [0.3, 0.4) is 0 Å². The molecule has 21 heavy (non-hydrogen) atoms. The standard InChI is InChI=1S/C14H21F3N2O2/c1-9-7-13(20-3)10(2)6-11(9)12(19-18)4-5-21-8-14(15,16)17/h6-7,12,19H,4-5,8,18H2,1-3H3. The Balaban J connectivity index is 2.70. The number of ether oxygens (including phenoxy) is 2. The van der Waals surface area contributed by atoms with Gasteiger partial charge in [-0.05, 0) is 43.0 Å². The topological polar surface area (TPSA) is 56.5 Å². The van der Waals surface area contributed by atoms with E-state index in [0.717, 1.165) is 22.4 Å². The van der Waals surface area contributed by atoms with Crippen molar-refractivity contribution in [2.24, 2.45) is 5.84 Å². The summed E-state index contributed by atoms with van der Waals surface area (Å²) in [6.45, 7) is 2.53. The van der Waals surface area contributed by atoms with Gasteiger partial charge in [0, 0.05) is 12.6 Å². The Hall–Kier alpha value is -1.31. The van der Waals surface area contributed by atoms with E-state index < -0.39 is 12.8 Å². The second-order valence-corrected chi connectivity index (χ2v) is 4.85. The Morgan fingerprint density at radius 1 is 1.24 bits per heavy atom. The Bertz CT molecular complexity index is 464. The van der Waals surface area contributed by atoms with E-state index in [1.165, 1.54) is 0 Å². The van der Waals surface area contributed by atoms with Gasteiger partial charge in [0.05, 0.1) is 7.11 Å². The molecule has 1 aromatic carbocycles. The number of benzene rings is 1. The third-order valence-electron chi connectivity index (χ3n) is 3.18. The molecule has 0 aliphatic rings. The van der Waals surface area contributed by atoms with Gasteiger partial charge in [0.1, 0.15) is 12.4 Å². The maximum Gasteiger partial charge on any atom is 0.411 e. The molecule has 0 aliphatic carbocycles. The van der Waals surface area contributed by atoms with Gasteiger partial charge in [-0.25, -0.2) is 0 Å². The molecule has 0 amide bonds. The largest absolute Gasteiger partial charge is 0.496 e. The summed E-state index contributed by atoms with van der Waals surface area (Å²) in [4.78, 5) is 0. The van der Waals surface area contributed by atoms with E-state index in [1.54, 1.807) is 7.11 Å². The highest BCUT2D eigenvalue weighted by molar-refractivity contribution is 5.42. The van der Waals surface area contributed by atoms with Crippen molar-refractivity contribution in [3.63, 3.8) is 0 Å². The molecule has 0 saturated heterocycles. The molecule has 1 rings (SSSR count). The van der Waals surface area contributed by atoms with Crippen molar-refractivity contribution in [2.75, 3.05) is 20.3 Å². The first kappa shape index (κ1) is 17.7. The lowest BCUT2D eigenvalue weighted by atomic mass is 9.97. The second-order valence-electron chi connectivity index (χ2n) is 4.85. The van der Waals surface area contributed by atoms with Gasteiger partial charge in [-0.3, -0.25) is 11.3 Å². The lowest BCUT2D eigenvalue weighted by molar-refractivity contribution is -0.174. The van der Waals surface area contributed by atoms with Crippen LogP contribution in [0.2, 0.25) is 0 Å². The van der Waals surface area contributed by atoms with E-state index in [9.17, 15) is 13.2 Å². The first-order valence-electron chi connectivity index (χ1n) is 6.54. The number of rotatable bonds is 7. The zero-order valence-corrected chi connectivity index (χ0v) is 12.4. The number of aryl methyl sites for hydroxylation is 2. The van der Waals surface area contributed by atoms with Gasteiger partial charge in [-0.1, -0.05) is 6.07 Å².